The molecule has 0 aliphatic heterocycles. The fourth-order valence-electron chi connectivity index (χ4n) is 1.37. The summed E-state index contributed by atoms with van der Waals surface area (Å²) < 4.78 is 0. The van der Waals surface area contributed by atoms with Crippen molar-refractivity contribution in [3.63, 3.8) is 0 Å². The fraction of sp³-hybridized carbons (Fsp3) is 1.00. The monoisotopic (exact) mass is 188 g/mol. The van der Waals surface area contributed by atoms with Gasteiger partial charge in [-0.15, -0.1) is 0 Å². The Morgan fingerprint density at radius 3 is 1.92 bits per heavy atom. The van der Waals surface area contributed by atoms with Crippen LogP contribution < -0.4 is 0 Å². The van der Waals surface area contributed by atoms with E-state index < -0.39 is 12.2 Å². The van der Waals surface area contributed by atoms with Gasteiger partial charge in [-0.25, -0.2) is 0 Å². The standard InChI is InChI=1S/C11H24O2/c1-6-8(2)10(13)9(12)7-11(3,4)5/h8-10,12-13H,6-7H2,1-5H3. The van der Waals surface area contributed by atoms with Crippen LogP contribution in [-0.4, -0.2) is 22.4 Å². The number of rotatable bonds is 4. The molecule has 0 spiro atoms. The van der Waals surface area contributed by atoms with Gasteiger partial charge < -0.3 is 10.2 Å². The second-order valence-corrected chi connectivity index (χ2v) is 5.21. The van der Waals surface area contributed by atoms with Crippen LogP contribution in [0.5, 0.6) is 0 Å². The van der Waals surface area contributed by atoms with E-state index in [2.05, 4.69) is 20.8 Å². The molecule has 0 aromatic heterocycles. The summed E-state index contributed by atoms with van der Waals surface area (Å²) >= 11 is 0. The normalized spacial score (nSPS) is 19.6. The SMILES string of the molecule is CCC(C)C(O)C(O)CC(C)(C)C. The minimum atomic E-state index is -0.588. The van der Waals surface area contributed by atoms with Crippen LogP contribution in [0, 0.1) is 11.3 Å². The molecule has 0 aliphatic carbocycles. The fourth-order valence-corrected chi connectivity index (χ4v) is 1.37. The Morgan fingerprint density at radius 2 is 1.62 bits per heavy atom. The molecule has 80 valence electrons. The van der Waals surface area contributed by atoms with Crippen molar-refractivity contribution in [1.82, 2.24) is 0 Å². The molecule has 0 rings (SSSR count). The molecule has 3 atom stereocenters. The molecule has 0 aliphatic rings. The van der Waals surface area contributed by atoms with Crippen LogP contribution in [0.15, 0.2) is 0 Å². The summed E-state index contributed by atoms with van der Waals surface area (Å²) in [6, 6.07) is 0. The van der Waals surface area contributed by atoms with Gasteiger partial charge in [0.05, 0.1) is 12.2 Å². The molecule has 0 aromatic rings. The summed E-state index contributed by atoms with van der Waals surface area (Å²) in [5.41, 5.74) is 0.0772. The predicted octanol–water partition coefficient (Wildman–Crippen LogP) is 2.19. The van der Waals surface area contributed by atoms with Gasteiger partial charge in [-0.3, -0.25) is 0 Å². The highest BCUT2D eigenvalue weighted by Gasteiger charge is 2.25. The van der Waals surface area contributed by atoms with Crippen molar-refractivity contribution >= 4 is 0 Å². The van der Waals surface area contributed by atoms with Gasteiger partial charge in [0.15, 0.2) is 0 Å². The summed E-state index contributed by atoms with van der Waals surface area (Å²) in [5, 5.41) is 19.4. The maximum absolute atomic E-state index is 9.70. The molecule has 0 heterocycles. The summed E-state index contributed by atoms with van der Waals surface area (Å²) in [4.78, 5) is 0. The van der Waals surface area contributed by atoms with E-state index in [1.165, 1.54) is 0 Å². The van der Waals surface area contributed by atoms with E-state index >= 15 is 0 Å². The second kappa shape index (κ2) is 4.97. The Bertz CT molecular complexity index is 138. The van der Waals surface area contributed by atoms with E-state index in [0.29, 0.717) is 6.42 Å². The second-order valence-electron chi connectivity index (χ2n) is 5.21. The van der Waals surface area contributed by atoms with Gasteiger partial charge in [-0.2, -0.15) is 0 Å². The summed E-state index contributed by atoms with van der Waals surface area (Å²) in [6.07, 6.45) is 0.389. The molecule has 0 bridgehead atoms. The van der Waals surface area contributed by atoms with Crippen molar-refractivity contribution in [2.24, 2.45) is 11.3 Å². The third kappa shape index (κ3) is 5.27. The van der Waals surface area contributed by atoms with Gasteiger partial charge in [-0.05, 0) is 17.8 Å². The van der Waals surface area contributed by atoms with Crippen molar-refractivity contribution in [1.29, 1.82) is 0 Å². The molecule has 0 amide bonds. The van der Waals surface area contributed by atoms with Crippen LogP contribution in [0.3, 0.4) is 0 Å². The zero-order valence-corrected chi connectivity index (χ0v) is 9.54. The van der Waals surface area contributed by atoms with E-state index in [4.69, 9.17) is 0 Å². The Kier molecular flexibility index (Phi) is 4.93. The van der Waals surface area contributed by atoms with Crippen LogP contribution >= 0.6 is 0 Å². The van der Waals surface area contributed by atoms with Crippen molar-refractivity contribution in [2.45, 2.75) is 59.7 Å². The van der Waals surface area contributed by atoms with Crippen molar-refractivity contribution in [3.8, 4) is 0 Å². The van der Waals surface area contributed by atoms with Crippen LogP contribution in [0.4, 0.5) is 0 Å². The molecule has 0 saturated heterocycles. The maximum atomic E-state index is 9.70. The number of hydrogen-bond donors (Lipinski definition) is 2. The van der Waals surface area contributed by atoms with E-state index in [1.807, 2.05) is 13.8 Å². The molecular weight excluding hydrogens is 164 g/mol. The molecule has 2 nitrogen and oxygen atoms in total. The Labute approximate surface area is 82.0 Å². The lowest BCUT2D eigenvalue weighted by atomic mass is 9.84. The first kappa shape index (κ1) is 12.9. The first-order valence-electron chi connectivity index (χ1n) is 5.14. The Balaban J connectivity index is 4.03. The average Bonchev–Trinajstić information content (AvgIpc) is 1.98. The molecule has 13 heavy (non-hydrogen) atoms. The molecule has 2 N–H and O–H groups in total. The number of aliphatic hydroxyl groups excluding tert-OH is 2. The van der Waals surface area contributed by atoms with Crippen molar-refractivity contribution in [2.75, 3.05) is 0 Å². The lowest BCUT2D eigenvalue weighted by Gasteiger charge is -2.28. The van der Waals surface area contributed by atoms with Gasteiger partial charge >= 0.3 is 0 Å². The largest absolute Gasteiger partial charge is 0.390 e. The lowest BCUT2D eigenvalue weighted by molar-refractivity contribution is -0.0320. The highest BCUT2D eigenvalue weighted by molar-refractivity contribution is 4.77. The van der Waals surface area contributed by atoms with E-state index in [0.717, 1.165) is 6.42 Å². The summed E-state index contributed by atoms with van der Waals surface area (Å²) in [7, 11) is 0. The van der Waals surface area contributed by atoms with E-state index in [1.54, 1.807) is 0 Å². The highest BCUT2D eigenvalue weighted by Crippen LogP contribution is 2.24. The third-order valence-electron chi connectivity index (χ3n) is 2.44. The highest BCUT2D eigenvalue weighted by atomic mass is 16.3. The van der Waals surface area contributed by atoms with Gasteiger partial charge in [0.1, 0.15) is 0 Å². The molecule has 0 saturated carbocycles. The average molecular weight is 188 g/mol. The lowest BCUT2D eigenvalue weighted by Crippen LogP contribution is -2.34. The molecule has 0 aromatic carbocycles. The molecule has 0 fully saturated rings. The van der Waals surface area contributed by atoms with Gasteiger partial charge in [0.2, 0.25) is 0 Å². The van der Waals surface area contributed by atoms with Crippen molar-refractivity contribution in [3.05, 3.63) is 0 Å². The van der Waals surface area contributed by atoms with Crippen LogP contribution in [0.2, 0.25) is 0 Å². The molecular formula is C11H24O2. The van der Waals surface area contributed by atoms with Crippen molar-refractivity contribution < 1.29 is 10.2 Å². The predicted molar refractivity (Wildman–Crippen MR) is 55.5 cm³/mol. The minimum Gasteiger partial charge on any atom is -0.390 e. The summed E-state index contributed by atoms with van der Waals surface area (Å²) in [6.45, 7) is 10.2. The van der Waals surface area contributed by atoms with Crippen LogP contribution in [-0.2, 0) is 0 Å². The molecule has 0 radical (unpaired) electrons. The Morgan fingerprint density at radius 1 is 1.15 bits per heavy atom. The number of hydrogen-bond acceptors (Lipinski definition) is 2. The maximum Gasteiger partial charge on any atom is 0.0824 e. The Hall–Kier alpha value is -0.0800. The third-order valence-corrected chi connectivity index (χ3v) is 2.44. The van der Waals surface area contributed by atoms with Gasteiger partial charge in [0.25, 0.3) is 0 Å². The zero-order valence-electron chi connectivity index (χ0n) is 9.54. The first-order chi connectivity index (χ1) is 5.78. The smallest absolute Gasteiger partial charge is 0.0824 e. The van der Waals surface area contributed by atoms with Crippen LogP contribution in [0.1, 0.15) is 47.5 Å². The topological polar surface area (TPSA) is 40.5 Å². The first-order valence-corrected chi connectivity index (χ1v) is 5.14. The van der Waals surface area contributed by atoms with Gasteiger partial charge in [0, 0.05) is 0 Å². The van der Waals surface area contributed by atoms with E-state index in [-0.39, 0.29) is 11.3 Å². The van der Waals surface area contributed by atoms with Crippen LogP contribution in [0.25, 0.3) is 0 Å². The molecule has 2 heteroatoms. The quantitative estimate of drug-likeness (QED) is 0.710. The molecule has 3 unspecified atom stereocenters. The summed E-state index contributed by atoms with van der Waals surface area (Å²) in [5.74, 6) is 0.178. The van der Waals surface area contributed by atoms with E-state index in [9.17, 15) is 10.2 Å². The minimum absolute atomic E-state index is 0.0772. The zero-order chi connectivity index (χ0) is 10.6. The van der Waals surface area contributed by atoms with Gasteiger partial charge in [-0.1, -0.05) is 41.0 Å². The number of aliphatic hydroxyl groups is 2.